The molecular formula is C16H15FN4O2. The third kappa shape index (κ3) is 2.33. The molecule has 0 unspecified atom stereocenters. The van der Waals surface area contributed by atoms with E-state index in [1.54, 1.807) is 12.1 Å². The zero-order valence-electron chi connectivity index (χ0n) is 12.5. The van der Waals surface area contributed by atoms with Gasteiger partial charge in [-0.2, -0.15) is 10.1 Å². The van der Waals surface area contributed by atoms with E-state index >= 15 is 0 Å². The molecule has 1 aliphatic heterocycles. The molecule has 1 atom stereocenters. The summed E-state index contributed by atoms with van der Waals surface area (Å²) in [6, 6.07) is 8.21. The standard InChI is InChI=1S/C16H15FN4O2/c1-10-8-13(20-19-10)14-18-15(21-23-14)16(6-7-22-9-16)11-2-4-12(17)5-3-11/h2-5,8H,6-7,9H2,1H3,(H,19,20)/t16-/m1/s1. The fourth-order valence-electron chi connectivity index (χ4n) is 2.92. The number of rotatable bonds is 3. The second kappa shape index (κ2) is 5.27. The van der Waals surface area contributed by atoms with Gasteiger partial charge in [-0.25, -0.2) is 4.39 Å². The maximum absolute atomic E-state index is 13.2. The van der Waals surface area contributed by atoms with E-state index in [9.17, 15) is 4.39 Å². The molecule has 6 nitrogen and oxygen atoms in total. The second-order valence-electron chi connectivity index (χ2n) is 5.75. The van der Waals surface area contributed by atoms with Crippen LogP contribution in [0.4, 0.5) is 4.39 Å². The van der Waals surface area contributed by atoms with Gasteiger partial charge in [-0.3, -0.25) is 5.10 Å². The van der Waals surface area contributed by atoms with Gasteiger partial charge in [-0.15, -0.1) is 0 Å². The summed E-state index contributed by atoms with van der Waals surface area (Å²) in [5, 5.41) is 11.1. The summed E-state index contributed by atoms with van der Waals surface area (Å²) in [6.45, 7) is 2.94. The molecule has 1 aromatic carbocycles. The van der Waals surface area contributed by atoms with E-state index in [1.807, 2.05) is 13.0 Å². The molecule has 0 bridgehead atoms. The van der Waals surface area contributed by atoms with Crippen molar-refractivity contribution in [2.75, 3.05) is 13.2 Å². The maximum atomic E-state index is 13.2. The highest BCUT2D eigenvalue weighted by atomic mass is 19.1. The van der Waals surface area contributed by atoms with E-state index in [-0.39, 0.29) is 5.82 Å². The number of hydrogen-bond acceptors (Lipinski definition) is 5. The van der Waals surface area contributed by atoms with Gasteiger partial charge in [0, 0.05) is 12.3 Å². The molecule has 0 radical (unpaired) electrons. The number of nitrogens with zero attached hydrogens (tertiary/aromatic N) is 3. The van der Waals surface area contributed by atoms with Crippen molar-refractivity contribution in [2.45, 2.75) is 18.8 Å². The quantitative estimate of drug-likeness (QED) is 0.804. The van der Waals surface area contributed by atoms with Crippen molar-refractivity contribution in [1.29, 1.82) is 0 Å². The molecule has 0 aliphatic carbocycles. The van der Waals surface area contributed by atoms with Crippen molar-refractivity contribution in [3.8, 4) is 11.6 Å². The van der Waals surface area contributed by atoms with Gasteiger partial charge in [0.2, 0.25) is 0 Å². The molecule has 3 aromatic rings. The highest BCUT2D eigenvalue weighted by Crippen LogP contribution is 2.38. The molecule has 2 aromatic heterocycles. The Morgan fingerprint density at radius 1 is 1.26 bits per heavy atom. The van der Waals surface area contributed by atoms with Gasteiger partial charge in [0.25, 0.3) is 5.89 Å². The predicted molar refractivity (Wildman–Crippen MR) is 79.2 cm³/mol. The van der Waals surface area contributed by atoms with E-state index in [0.717, 1.165) is 17.7 Å². The van der Waals surface area contributed by atoms with Crippen LogP contribution in [0.25, 0.3) is 11.6 Å². The first-order valence-electron chi connectivity index (χ1n) is 7.38. The zero-order chi connectivity index (χ0) is 15.9. The van der Waals surface area contributed by atoms with Crippen molar-refractivity contribution < 1.29 is 13.7 Å². The van der Waals surface area contributed by atoms with Crippen molar-refractivity contribution in [2.24, 2.45) is 0 Å². The van der Waals surface area contributed by atoms with Gasteiger partial charge in [0.05, 0.1) is 12.0 Å². The van der Waals surface area contributed by atoms with Crippen LogP contribution in [0.5, 0.6) is 0 Å². The number of hydrogen-bond donors (Lipinski definition) is 1. The molecule has 7 heteroatoms. The molecule has 0 saturated carbocycles. The van der Waals surface area contributed by atoms with Crippen LogP contribution in [-0.2, 0) is 10.2 Å². The Kier molecular flexibility index (Phi) is 3.23. The first-order valence-corrected chi connectivity index (χ1v) is 7.38. The van der Waals surface area contributed by atoms with Crippen LogP contribution in [0, 0.1) is 12.7 Å². The van der Waals surface area contributed by atoms with Gasteiger partial charge in [-0.1, -0.05) is 17.3 Å². The Morgan fingerprint density at radius 3 is 2.74 bits per heavy atom. The minimum atomic E-state index is -0.513. The highest BCUT2D eigenvalue weighted by molar-refractivity contribution is 5.47. The summed E-state index contributed by atoms with van der Waals surface area (Å²) in [7, 11) is 0. The lowest BCUT2D eigenvalue weighted by atomic mass is 9.79. The molecule has 0 amide bonds. The van der Waals surface area contributed by atoms with Crippen LogP contribution in [0.2, 0.25) is 0 Å². The van der Waals surface area contributed by atoms with Gasteiger partial charge >= 0.3 is 0 Å². The molecular weight excluding hydrogens is 299 g/mol. The van der Waals surface area contributed by atoms with Crippen LogP contribution in [0.3, 0.4) is 0 Å². The fourth-order valence-corrected chi connectivity index (χ4v) is 2.92. The largest absolute Gasteiger partial charge is 0.380 e. The molecule has 4 rings (SSSR count). The van der Waals surface area contributed by atoms with Crippen LogP contribution >= 0.6 is 0 Å². The van der Waals surface area contributed by atoms with Gasteiger partial charge in [0.1, 0.15) is 5.82 Å². The number of halogens is 1. The maximum Gasteiger partial charge on any atom is 0.278 e. The van der Waals surface area contributed by atoms with Crippen molar-refractivity contribution in [3.05, 3.63) is 53.2 Å². The number of aromatic nitrogens is 4. The minimum absolute atomic E-state index is 0.274. The van der Waals surface area contributed by atoms with Gasteiger partial charge in [-0.05, 0) is 37.1 Å². The molecule has 1 N–H and O–H groups in total. The third-order valence-electron chi connectivity index (χ3n) is 4.20. The lowest BCUT2D eigenvalue weighted by molar-refractivity contribution is 0.182. The average molecular weight is 314 g/mol. The smallest absolute Gasteiger partial charge is 0.278 e. The Hall–Kier alpha value is -2.54. The van der Waals surface area contributed by atoms with E-state index < -0.39 is 5.41 Å². The molecule has 23 heavy (non-hydrogen) atoms. The lowest BCUT2D eigenvalue weighted by Crippen LogP contribution is -2.29. The monoisotopic (exact) mass is 314 g/mol. The Morgan fingerprint density at radius 2 is 2.09 bits per heavy atom. The number of benzene rings is 1. The van der Waals surface area contributed by atoms with Gasteiger partial charge in [0.15, 0.2) is 11.5 Å². The number of nitrogens with one attached hydrogen (secondary N) is 1. The van der Waals surface area contributed by atoms with E-state index in [1.165, 1.54) is 12.1 Å². The molecule has 1 saturated heterocycles. The minimum Gasteiger partial charge on any atom is -0.380 e. The number of aromatic amines is 1. The normalized spacial score (nSPS) is 21.0. The molecule has 1 aliphatic rings. The summed E-state index contributed by atoms with van der Waals surface area (Å²) in [5.74, 6) is 0.624. The first kappa shape index (κ1) is 14.1. The predicted octanol–water partition coefficient (Wildman–Crippen LogP) is 2.61. The van der Waals surface area contributed by atoms with E-state index in [2.05, 4.69) is 20.3 Å². The molecule has 118 valence electrons. The van der Waals surface area contributed by atoms with E-state index in [0.29, 0.717) is 30.6 Å². The summed E-state index contributed by atoms with van der Waals surface area (Å²) in [5.41, 5.74) is 1.93. The van der Waals surface area contributed by atoms with Crippen molar-refractivity contribution >= 4 is 0 Å². The summed E-state index contributed by atoms with van der Waals surface area (Å²) in [6.07, 6.45) is 0.719. The first-order chi connectivity index (χ1) is 11.2. The summed E-state index contributed by atoms with van der Waals surface area (Å²) in [4.78, 5) is 4.51. The Labute approximate surface area is 131 Å². The number of ether oxygens (including phenoxy) is 1. The van der Waals surface area contributed by atoms with Crippen molar-refractivity contribution in [1.82, 2.24) is 20.3 Å². The Bertz CT molecular complexity index is 819. The molecule has 0 spiro atoms. The third-order valence-corrected chi connectivity index (χ3v) is 4.20. The van der Waals surface area contributed by atoms with Crippen LogP contribution < -0.4 is 0 Å². The zero-order valence-corrected chi connectivity index (χ0v) is 12.5. The second-order valence-corrected chi connectivity index (χ2v) is 5.75. The van der Waals surface area contributed by atoms with Crippen molar-refractivity contribution in [3.63, 3.8) is 0 Å². The van der Waals surface area contributed by atoms with Crippen LogP contribution in [0.1, 0.15) is 23.5 Å². The lowest BCUT2D eigenvalue weighted by Gasteiger charge is -2.23. The number of H-pyrrole nitrogens is 1. The number of aryl methyl sites for hydroxylation is 1. The summed E-state index contributed by atoms with van der Waals surface area (Å²) >= 11 is 0. The molecule has 1 fully saturated rings. The van der Waals surface area contributed by atoms with Crippen LogP contribution in [-0.4, -0.2) is 33.6 Å². The molecule has 3 heterocycles. The topological polar surface area (TPSA) is 76.8 Å². The van der Waals surface area contributed by atoms with Crippen LogP contribution in [0.15, 0.2) is 34.9 Å². The summed E-state index contributed by atoms with van der Waals surface area (Å²) < 4.78 is 24.2. The average Bonchev–Trinajstić information content (AvgIpc) is 3.27. The van der Waals surface area contributed by atoms with E-state index in [4.69, 9.17) is 9.26 Å². The highest BCUT2D eigenvalue weighted by Gasteiger charge is 2.43. The Balaban J connectivity index is 1.76. The fraction of sp³-hybridized carbons (Fsp3) is 0.312. The van der Waals surface area contributed by atoms with Gasteiger partial charge < -0.3 is 9.26 Å². The SMILES string of the molecule is Cc1cc(-c2nc([C@]3(c4ccc(F)cc4)CCOC3)no2)n[nH]1.